The highest BCUT2D eigenvalue weighted by Gasteiger charge is 2.57. The number of rotatable bonds is 5. The molecule has 1 aromatic carbocycles. The first kappa shape index (κ1) is 24.0. The lowest BCUT2D eigenvalue weighted by atomic mass is 9.92. The second-order valence-electron chi connectivity index (χ2n) is 10.9. The number of carbonyl (C=O) groups excluding carboxylic acids is 2. The quantitative estimate of drug-likeness (QED) is 0.460. The Morgan fingerprint density at radius 3 is 2.43 bits per heavy atom. The van der Waals surface area contributed by atoms with Crippen molar-refractivity contribution in [3.05, 3.63) is 23.8 Å². The maximum Gasteiger partial charge on any atom is 0.343 e. The molecule has 0 radical (unpaired) electrons. The van der Waals surface area contributed by atoms with Crippen molar-refractivity contribution < 1.29 is 24.3 Å². The zero-order valence-corrected chi connectivity index (χ0v) is 20.9. The van der Waals surface area contributed by atoms with Crippen LogP contribution in [0.25, 0.3) is 0 Å². The number of urea groups is 2. The summed E-state index contributed by atoms with van der Waals surface area (Å²) >= 11 is 0. The molecule has 192 valence electrons. The van der Waals surface area contributed by atoms with Crippen molar-refractivity contribution in [3.63, 3.8) is 0 Å². The summed E-state index contributed by atoms with van der Waals surface area (Å²) in [7, 11) is 0. The van der Waals surface area contributed by atoms with Gasteiger partial charge in [-0.15, -0.1) is 0 Å². The number of benzene rings is 1. The molecular formula is C26H38N4O5. The normalized spacial score (nSPS) is 24.7. The number of hydroxylamine groups is 2. The van der Waals surface area contributed by atoms with E-state index in [9.17, 15) is 14.8 Å². The molecule has 2 N–H and O–H groups in total. The highest BCUT2D eigenvalue weighted by atomic mass is 16.7. The second-order valence-corrected chi connectivity index (χ2v) is 10.9. The van der Waals surface area contributed by atoms with Gasteiger partial charge in [-0.2, -0.15) is 5.06 Å². The van der Waals surface area contributed by atoms with E-state index in [4.69, 9.17) is 9.47 Å². The molecule has 5 rings (SSSR count). The summed E-state index contributed by atoms with van der Waals surface area (Å²) in [5.41, 5.74) is 0.0971. The van der Waals surface area contributed by atoms with Crippen LogP contribution in [0.2, 0.25) is 0 Å². The highest BCUT2D eigenvalue weighted by molar-refractivity contribution is 5.81. The van der Waals surface area contributed by atoms with Gasteiger partial charge in [-0.25, -0.2) is 9.59 Å². The van der Waals surface area contributed by atoms with Gasteiger partial charge in [0.2, 0.25) is 6.79 Å². The minimum absolute atomic E-state index is 0.000547. The van der Waals surface area contributed by atoms with Gasteiger partial charge in [-0.1, -0.05) is 44.6 Å². The molecular weight excluding hydrogens is 448 g/mol. The van der Waals surface area contributed by atoms with E-state index >= 15 is 0 Å². The van der Waals surface area contributed by atoms with Crippen molar-refractivity contribution in [2.75, 3.05) is 6.79 Å². The monoisotopic (exact) mass is 486 g/mol. The molecule has 1 aromatic rings. The Morgan fingerprint density at radius 1 is 1.06 bits per heavy atom. The van der Waals surface area contributed by atoms with Crippen LogP contribution in [-0.4, -0.2) is 62.7 Å². The zero-order valence-electron chi connectivity index (χ0n) is 20.9. The number of hydrogen-bond donors (Lipinski definition) is 2. The van der Waals surface area contributed by atoms with Crippen molar-refractivity contribution in [1.82, 2.24) is 20.2 Å². The Bertz CT molecular complexity index is 942. The number of fused-ring (bicyclic) bond motifs is 1. The highest BCUT2D eigenvalue weighted by Crippen LogP contribution is 2.41. The molecule has 1 saturated heterocycles. The third-order valence-electron chi connectivity index (χ3n) is 8.16. The first-order valence-electron chi connectivity index (χ1n) is 13.1. The zero-order chi connectivity index (χ0) is 24.6. The van der Waals surface area contributed by atoms with Crippen LogP contribution in [0.5, 0.6) is 11.5 Å². The molecule has 0 spiro atoms. The lowest BCUT2D eigenvalue weighted by molar-refractivity contribution is -0.141. The van der Waals surface area contributed by atoms with Crippen molar-refractivity contribution in [2.45, 2.75) is 108 Å². The molecule has 35 heavy (non-hydrogen) atoms. The van der Waals surface area contributed by atoms with E-state index in [1.54, 1.807) is 9.80 Å². The Kier molecular flexibility index (Phi) is 6.70. The smallest absolute Gasteiger partial charge is 0.343 e. The Morgan fingerprint density at radius 2 is 1.71 bits per heavy atom. The van der Waals surface area contributed by atoms with Gasteiger partial charge < -0.3 is 19.7 Å². The fourth-order valence-corrected chi connectivity index (χ4v) is 6.19. The summed E-state index contributed by atoms with van der Waals surface area (Å²) in [4.78, 5) is 30.7. The van der Waals surface area contributed by atoms with Crippen LogP contribution >= 0.6 is 0 Å². The third kappa shape index (κ3) is 4.62. The van der Waals surface area contributed by atoms with Gasteiger partial charge in [-0.05, 0) is 57.2 Å². The summed E-state index contributed by atoms with van der Waals surface area (Å²) < 4.78 is 10.9. The summed E-state index contributed by atoms with van der Waals surface area (Å²) in [6, 6.07) is 5.09. The van der Waals surface area contributed by atoms with Crippen molar-refractivity contribution in [2.24, 2.45) is 0 Å². The van der Waals surface area contributed by atoms with Gasteiger partial charge in [0, 0.05) is 18.6 Å². The molecule has 9 heteroatoms. The van der Waals surface area contributed by atoms with Gasteiger partial charge in [-0.3, -0.25) is 10.1 Å². The number of nitrogens with one attached hydrogen (secondary N) is 1. The number of amides is 4. The number of carbonyl (C=O) groups is 2. The maximum absolute atomic E-state index is 13.9. The molecule has 2 aliphatic carbocycles. The maximum atomic E-state index is 13.9. The van der Waals surface area contributed by atoms with E-state index in [2.05, 4.69) is 5.32 Å². The average Bonchev–Trinajstić information content (AvgIpc) is 3.40. The topological polar surface area (TPSA) is 94.6 Å². The minimum Gasteiger partial charge on any atom is -0.454 e. The van der Waals surface area contributed by atoms with Crippen LogP contribution in [0.3, 0.4) is 0 Å². The lowest BCUT2D eigenvalue weighted by Crippen LogP contribution is -2.61. The van der Waals surface area contributed by atoms with Crippen molar-refractivity contribution >= 4 is 12.1 Å². The van der Waals surface area contributed by atoms with Crippen LogP contribution < -0.4 is 14.8 Å². The molecule has 0 aromatic heterocycles. The van der Waals surface area contributed by atoms with E-state index in [1.165, 1.54) is 6.42 Å². The molecule has 3 fully saturated rings. The Labute approximate surface area is 207 Å². The molecule has 4 aliphatic rings. The number of ether oxygens (including phenoxy) is 2. The lowest BCUT2D eigenvalue weighted by Gasteiger charge is -2.41. The first-order chi connectivity index (χ1) is 16.9. The minimum atomic E-state index is -0.816. The van der Waals surface area contributed by atoms with E-state index < -0.39 is 17.7 Å². The van der Waals surface area contributed by atoms with Gasteiger partial charge >= 0.3 is 12.1 Å². The molecule has 2 heterocycles. The largest absolute Gasteiger partial charge is 0.454 e. The summed E-state index contributed by atoms with van der Waals surface area (Å²) in [6.45, 7) is 4.41. The van der Waals surface area contributed by atoms with E-state index in [0.29, 0.717) is 18.0 Å². The summed E-state index contributed by atoms with van der Waals surface area (Å²) in [6.07, 6.45) is 9.43. The van der Waals surface area contributed by atoms with Gasteiger partial charge in [0.1, 0.15) is 0 Å². The molecule has 0 bridgehead atoms. The van der Waals surface area contributed by atoms with Crippen LogP contribution in [0.4, 0.5) is 9.59 Å². The first-order valence-corrected chi connectivity index (χ1v) is 13.1. The van der Waals surface area contributed by atoms with Crippen LogP contribution in [0, 0.1) is 0 Å². The number of hydrogen-bond acceptors (Lipinski definition) is 5. The van der Waals surface area contributed by atoms with Crippen molar-refractivity contribution in [3.8, 4) is 11.5 Å². The fraction of sp³-hybridized carbons (Fsp3) is 0.692. The summed E-state index contributed by atoms with van der Waals surface area (Å²) in [5.74, 6) is 1.37. The Hall–Kier alpha value is -2.68. The average molecular weight is 487 g/mol. The van der Waals surface area contributed by atoms with E-state index in [1.807, 2.05) is 32.0 Å². The standard InChI is InChI=1S/C26H38N4O5/c1-26(2)23(30(33)24(31)27-19-9-5-3-6-10-19)29(20-11-7-4-8-12-20)25(32)28(26)16-18-13-14-21-22(15-18)35-17-34-21/h13-15,19-20,23,33H,3-12,16-17H2,1-2H3,(H,27,31)/t23-/m0/s1. The van der Waals surface area contributed by atoms with Crippen molar-refractivity contribution in [1.29, 1.82) is 0 Å². The molecule has 2 aliphatic heterocycles. The van der Waals surface area contributed by atoms with Crippen LogP contribution in [0.1, 0.15) is 83.6 Å². The van der Waals surface area contributed by atoms with Gasteiger partial charge in [0.25, 0.3) is 0 Å². The van der Waals surface area contributed by atoms with Gasteiger partial charge in [0.15, 0.2) is 17.7 Å². The molecule has 9 nitrogen and oxygen atoms in total. The predicted molar refractivity (Wildman–Crippen MR) is 129 cm³/mol. The molecule has 4 amide bonds. The SMILES string of the molecule is CC1(C)[C@H](N(O)C(=O)NC2CCCCC2)N(C2CCCCC2)C(=O)N1Cc1ccc2c(c1)OCO2. The second kappa shape index (κ2) is 9.76. The Balaban J connectivity index is 1.40. The predicted octanol–water partition coefficient (Wildman–Crippen LogP) is 4.82. The third-order valence-corrected chi connectivity index (χ3v) is 8.16. The van der Waals surface area contributed by atoms with E-state index in [0.717, 1.165) is 68.4 Å². The number of nitrogens with zero attached hydrogens (tertiary/aromatic N) is 3. The van der Waals surface area contributed by atoms with Crippen LogP contribution in [-0.2, 0) is 6.54 Å². The molecule has 0 unspecified atom stereocenters. The molecule has 2 saturated carbocycles. The van der Waals surface area contributed by atoms with Crippen LogP contribution in [0.15, 0.2) is 18.2 Å². The van der Waals surface area contributed by atoms with E-state index in [-0.39, 0.29) is 24.9 Å². The summed E-state index contributed by atoms with van der Waals surface area (Å²) in [5, 5.41) is 15.1. The van der Waals surface area contributed by atoms with Gasteiger partial charge in [0.05, 0.1) is 5.54 Å². The molecule has 1 atom stereocenters. The fourth-order valence-electron chi connectivity index (χ4n) is 6.19.